The average Bonchev–Trinajstić information content (AvgIpc) is 3.25. The molecule has 0 N–H and O–H groups in total. The van der Waals surface area contributed by atoms with Crippen molar-refractivity contribution in [2.24, 2.45) is 0 Å². The van der Waals surface area contributed by atoms with Gasteiger partial charge in [0.1, 0.15) is 0 Å². The van der Waals surface area contributed by atoms with Crippen molar-refractivity contribution in [3.05, 3.63) is 83.0 Å². The molecule has 0 unspecified atom stereocenters. The number of allylic oxidation sites excluding steroid dienone is 1. The van der Waals surface area contributed by atoms with Gasteiger partial charge < -0.3 is 4.89 Å². The van der Waals surface area contributed by atoms with Gasteiger partial charge in [-0.05, 0) is 55.0 Å². The Morgan fingerprint density at radius 2 is 1.37 bits per heavy atom. The fourth-order valence-electron chi connectivity index (χ4n) is 4.62. The first-order valence-electron chi connectivity index (χ1n) is 11.4. The number of hydrogen-bond acceptors (Lipinski definition) is 3. The Morgan fingerprint density at radius 3 is 1.77 bits per heavy atom. The standard InChI is InChI=1S/C26H35BO2S/c1-5-25(30-26(6-2,7-3)8-4)28-29-27-23(21-15-11-9-12-16-21)19-20-24(27)22-17-13-10-14-18-22/h5,9-18,23-24H,6-8,19-20H2,1-4H3/b25-5-/t23-,24-/m1/s1. The van der Waals surface area contributed by atoms with E-state index >= 15 is 0 Å². The summed E-state index contributed by atoms with van der Waals surface area (Å²) in [6.45, 7) is 8.84. The summed E-state index contributed by atoms with van der Waals surface area (Å²) in [5, 5.41) is 0.881. The van der Waals surface area contributed by atoms with Gasteiger partial charge in [0.15, 0.2) is 5.09 Å². The third-order valence-corrected chi connectivity index (χ3v) is 8.57. The largest absolute Gasteiger partial charge is 0.371 e. The van der Waals surface area contributed by atoms with Gasteiger partial charge in [0.25, 0.3) is 0 Å². The molecule has 160 valence electrons. The molecule has 0 aliphatic carbocycles. The summed E-state index contributed by atoms with van der Waals surface area (Å²) in [4.78, 5) is 12.3. The Bertz CT molecular complexity index is 733. The second-order valence-corrected chi connectivity index (χ2v) is 9.68. The molecule has 1 aliphatic heterocycles. The van der Waals surface area contributed by atoms with Crippen LogP contribution in [-0.2, 0) is 9.69 Å². The van der Waals surface area contributed by atoms with Crippen LogP contribution in [0, 0.1) is 0 Å². The number of thioether (sulfide) groups is 1. The summed E-state index contributed by atoms with van der Waals surface area (Å²) in [6.07, 6.45) is 7.62. The van der Waals surface area contributed by atoms with Crippen LogP contribution in [0.2, 0.25) is 0 Å². The second kappa shape index (κ2) is 11.1. The van der Waals surface area contributed by atoms with E-state index in [2.05, 4.69) is 81.4 Å². The van der Waals surface area contributed by atoms with Crippen molar-refractivity contribution in [1.29, 1.82) is 0 Å². The molecule has 1 saturated heterocycles. The number of rotatable bonds is 10. The van der Waals surface area contributed by atoms with Crippen LogP contribution in [0.3, 0.4) is 0 Å². The molecule has 1 fully saturated rings. The van der Waals surface area contributed by atoms with Gasteiger partial charge in [0, 0.05) is 4.75 Å². The van der Waals surface area contributed by atoms with Crippen molar-refractivity contribution in [1.82, 2.24) is 0 Å². The van der Waals surface area contributed by atoms with Crippen molar-refractivity contribution in [2.75, 3.05) is 0 Å². The van der Waals surface area contributed by atoms with Crippen molar-refractivity contribution < 1.29 is 9.69 Å². The Hall–Kier alpha value is -1.65. The van der Waals surface area contributed by atoms with E-state index in [1.54, 1.807) is 0 Å². The van der Waals surface area contributed by atoms with Gasteiger partial charge in [-0.3, -0.25) is 4.81 Å². The van der Waals surface area contributed by atoms with Crippen molar-refractivity contribution in [3.63, 3.8) is 0 Å². The average molecular weight is 422 g/mol. The van der Waals surface area contributed by atoms with Crippen molar-refractivity contribution in [2.45, 2.75) is 76.2 Å². The van der Waals surface area contributed by atoms with E-state index < -0.39 is 0 Å². The van der Waals surface area contributed by atoms with Crippen LogP contribution in [0.5, 0.6) is 0 Å². The monoisotopic (exact) mass is 422 g/mol. The topological polar surface area (TPSA) is 18.5 Å². The quantitative estimate of drug-likeness (QED) is 0.168. The molecule has 0 radical (unpaired) electrons. The first kappa shape index (κ1) is 23.0. The highest BCUT2D eigenvalue weighted by Crippen LogP contribution is 2.45. The fraction of sp³-hybridized carbons (Fsp3) is 0.462. The molecule has 0 saturated carbocycles. The third kappa shape index (κ3) is 5.33. The minimum atomic E-state index is 0.00429. The maximum Gasteiger partial charge on any atom is 0.371 e. The van der Waals surface area contributed by atoms with Crippen LogP contribution >= 0.6 is 11.8 Å². The van der Waals surface area contributed by atoms with E-state index in [0.717, 1.165) is 37.2 Å². The van der Waals surface area contributed by atoms with E-state index in [-0.39, 0.29) is 11.7 Å². The summed E-state index contributed by atoms with van der Waals surface area (Å²) in [5.41, 5.74) is 2.67. The maximum absolute atomic E-state index is 6.28. The zero-order valence-corrected chi connectivity index (χ0v) is 19.7. The predicted octanol–water partition coefficient (Wildman–Crippen LogP) is 7.93. The molecule has 0 amide bonds. The van der Waals surface area contributed by atoms with Crippen LogP contribution in [0.4, 0.5) is 0 Å². The molecule has 0 spiro atoms. The highest BCUT2D eigenvalue weighted by Gasteiger charge is 2.45. The van der Waals surface area contributed by atoms with E-state index in [0.29, 0.717) is 11.6 Å². The Kier molecular flexibility index (Phi) is 8.53. The number of benzene rings is 2. The SMILES string of the molecule is C/C=C(/OOB1[C@@H](c2ccccc2)CC[C@@H]1c1ccccc1)SC(CC)(CC)CC. The molecule has 2 nitrogen and oxygen atoms in total. The molecule has 4 heteroatoms. The van der Waals surface area contributed by atoms with Gasteiger partial charge >= 0.3 is 6.92 Å². The van der Waals surface area contributed by atoms with Crippen molar-refractivity contribution in [3.8, 4) is 0 Å². The molecule has 0 aromatic heterocycles. The number of hydrogen-bond donors (Lipinski definition) is 0. The summed E-state index contributed by atoms with van der Waals surface area (Å²) >= 11 is 1.83. The molecule has 2 aromatic rings. The molecular formula is C26H35BO2S. The first-order valence-corrected chi connectivity index (χ1v) is 12.3. The van der Waals surface area contributed by atoms with E-state index in [1.165, 1.54) is 11.1 Å². The van der Waals surface area contributed by atoms with Gasteiger partial charge in [-0.15, -0.1) is 0 Å². The van der Waals surface area contributed by atoms with Crippen LogP contribution in [0.25, 0.3) is 0 Å². The van der Waals surface area contributed by atoms with Crippen LogP contribution in [0.15, 0.2) is 71.8 Å². The lowest BCUT2D eigenvalue weighted by Gasteiger charge is -2.30. The highest BCUT2D eigenvalue weighted by molar-refractivity contribution is 8.04. The first-order chi connectivity index (χ1) is 14.7. The summed E-state index contributed by atoms with van der Waals surface area (Å²) in [6, 6.07) is 21.5. The molecule has 0 bridgehead atoms. The molecule has 3 rings (SSSR count). The van der Waals surface area contributed by atoms with Gasteiger partial charge in [-0.2, -0.15) is 0 Å². The van der Waals surface area contributed by atoms with E-state index in [9.17, 15) is 0 Å². The Morgan fingerprint density at radius 1 is 0.900 bits per heavy atom. The molecular weight excluding hydrogens is 387 g/mol. The summed E-state index contributed by atoms with van der Waals surface area (Å²) in [5.74, 6) is 0.681. The third-order valence-electron chi connectivity index (χ3n) is 6.76. The lowest BCUT2D eigenvalue weighted by atomic mass is 9.49. The fourth-order valence-corrected chi connectivity index (χ4v) is 5.67. The van der Waals surface area contributed by atoms with Crippen LogP contribution in [0.1, 0.15) is 82.6 Å². The normalized spacial score (nSPS) is 19.9. The predicted molar refractivity (Wildman–Crippen MR) is 130 cm³/mol. The minimum Gasteiger partial charge on any atom is -0.347 e. The van der Waals surface area contributed by atoms with Crippen LogP contribution in [-0.4, -0.2) is 11.7 Å². The zero-order valence-electron chi connectivity index (χ0n) is 18.8. The van der Waals surface area contributed by atoms with Gasteiger partial charge in [-0.25, -0.2) is 0 Å². The smallest absolute Gasteiger partial charge is 0.347 e. The Balaban J connectivity index is 1.79. The van der Waals surface area contributed by atoms with Crippen LogP contribution < -0.4 is 0 Å². The molecule has 1 aliphatic rings. The molecule has 2 atom stereocenters. The van der Waals surface area contributed by atoms with Gasteiger partial charge in [-0.1, -0.05) is 106 Å². The highest BCUT2D eigenvalue weighted by atomic mass is 32.2. The van der Waals surface area contributed by atoms with E-state index in [4.69, 9.17) is 9.69 Å². The lowest BCUT2D eigenvalue weighted by molar-refractivity contribution is -0.163. The maximum atomic E-state index is 6.28. The summed E-state index contributed by atoms with van der Waals surface area (Å²) in [7, 11) is 0. The summed E-state index contributed by atoms with van der Waals surface area (Å²) < 4.78 is 0.207. The second-order valence-electron chi connectivity index (χ2n) is 8.21. The van der Waals surface area contributed by atoms with E-state index in [1.807, 2.05) is 24.8 Å². The van der Waals surface area contributed by atoms with Gasteiger partial charge in [0.2, 0.25) is 0 Å². The zero-order chi connectivity index (χ0) is 21.4. The molecule has 2 aromatic carbocycles. The molecule has 30 heavy (non-hydrogen) atoms. The Labute approximate surface area is 187 Å². The molecule has 1 heterocycles. The minimum absolute atomic E-state index is 0.00429. The lowest BCUT2D eigenvalue weighted by Crippen LogP contribution is -2.29. The van der Waals surface area contributed by atoms with Crippen molar-refractivity contribution >= 4 is 18.7 Å². The van der Waals surface area contributed by atoms with Gasteiger partial charge in [0.05, 0.1) is 0 Å².